The molecule has 0 atom stereocenters. The quantitative estimate of drug-likeness (QED) is 0.760. The van der Waals surface area contributed by atoms with Gasteiger partial charge >= 0.3 is 0 Å². The Bertz CT molecular complexity index is 682. The average Bonchev–Trinajstić information content (AvgIpc) is 2.58. The van der Waals surface area contributed by atoms with Crippen LogP contribution in [0.3, 0.4) is 0 Å². The van der Waals surface area contributed by atoms with Gasteiger partial charge in [-0.2, -0.15) is 0 Å². The maximum absolute atomic E-state index is 10.3. The van der Waals surface area contributed by atoms with Crippen LogP contribution < -0.4 is 0 Å². The number of phenols is 1. The average molecular weight is 307 g/mol. The van der Waals surface area contributed by atoms with E-state index in [2.05, 4.69) is 19.1 Å². The van der Waals surface area contributed by atoms with Crippen molar-refractivity contribution < 1.29 is 5.11 Å². The van der Waals surface area contributed by atoms with Crippen molar-refractivity contribution >= 4 is 6.21 Å². The Balaban J connectivity index is 1.85. The fraction of sp³-hybridized carbons (Fsp3) is 0.381. The van der Waals surface area contributed by atoms with Crippen molar-refractivity contribution in [1.29, 1.82) is 0 Å². The lowest BCUT2D eigenvalue weighted by Gasteiger charge is -2.23. The van der Waals surface area contributed by atoms with Gasteiger partial charge in [-0.1, -0.05) is 37.3 Å². The Labute approximate surface area is 138 Å². The van der Waals surface area contributed by atoms with E-state index in [0.29, 0.717) is 11.8 Å². The molecule has 3 rings (SSSR count). The first-order chi connectivity index (χ1) is 11.1. The number of hydrogen-bond donors (Lipinski definition) is 1. The predicted octanol–water partition coefficient (Wildman–Crippen LogP) is 5.37. The van der Waals surface area contributed by atoms with Crippen molar-refractivity contribution in [2.45, 2.75) is 45.6 Å². The molecule has 0 spiro atoms. The summed E-state index contributed by atoms with van der Waals surface area (Å²) in [7, 11) is 0. The first-order valence-electron chi connectivity index (χ1n) is 8.55. The molecule has 1 aliphatic rings. The number of phenolic OH excluding ortho intramolecular Hbond substituents is 1. The smallest absolute Gasteiger partial charge is 0.127 e. The maximum Gasteiger partial charge on any atom is 0.127 e. The zero-order valence-electron chi connectivity index (χ0n) is 14.0. The molecule has 1 fully saturated rings. The lowest BCUT2D eigenvalue weighted by Crippen LogP contribution is -2.15. The normalized spacial score (nSPS) is 21.7. The molecule has 120 valence electrons. The Kier molecular flexibility index (Phi) is 4.80. The molecule has 0 amide bonds. The minimum atomic E-state index is 0.345. The lowest BCUT2D eigenvalue weighted by molar-refractivity contribution is 0.350. The van der Waals surface area contributed by atoms with Crippen LogP contribution >= 0.6 is 0 Å². The second-order valence-electron chi connectivity index (χ2n) is 6.79. The van der Waals surface area contributed by atoms with Gasteiger partial charge in [-0.3, -0.25) is 4.99 Å². The fourth-order valence-electron chi connectivity index (χ4n) is 3.28. The minimum absolute atomic E-state index is 0.345. The first kappa shape index (κ1) is 15.8. The van der Waals surface area contributed by atoms with E-state index in [0.717, 1.165) is 41.0 Å². The number of rotatable bonds is 3. The molecule has 0 aromatic heterocycles. The van der Waals surface area contributed by atoms with E-state index in [1.165, 1.54) is 12.8 Å². The van der Waals surface area contributed by atoms with E-state index in [1.54, 1.807) is 0 Å². The van der Waals surface area contributed by atoms with E-state index in [1.807, 2.05) is 43.5 Å². The van der Waals surface area contributed by atoms with Crippen LogP contribution in [0.4, 0.5) is 0 Å². The molecule has 2 aromatic carbocycles. The molecule has 1 aliphatic carbocycles. The molecular weight excluding hydrogens is 282 g/mol. The largest absolute Gasteiger partial charge is 0.507 e. The van der Waals surface area contributed by atoms with Gasteiger partial charge in [0.05, 0.1) is 0 Å². The zero-order valence-corrected chi connectivity index (χ0v) is 14.0. The second-order valence-corrected chi connectivity index (χ2v) is 6.79. The van der Waals surface area contributed by atoms with Crippen molar-refractivity contribution in [3.63, 3.8) is 0 Å². The van der Waals surface area contributed by atoms with Crippen LogP contribution in [-0.4, -0.2) is 17.4 Å². The van der Waals surface area contributed by atoms with E-state index in [9.17, 15) is 5.11 Å². The highest BCUT2D eigenvalue weighted by Gasteiger charge is 2.17. The Morgan fingerprint density at radius 3 is 2.39 bits per heavy atom. The molecule has 0 heterocycles. The van der Waals surface area contributed by atoms with Gasteiger partial charge in [0.1, 0.15) is 5.75 Å². The second kappa shape index (κ2) is 6.99. The van der Waals surface area contributed by atoms with E-state index in [4.69, 9.17) is 4.99 Å². The number of hydrogen-bond acceptors (Lipinski definition) is 2. The van der Waals surface area contributed by atoms with E-state index in [-0.39, 0.29) is 0 Å². The monoisotopic (exact) mass is 307 g/mol. The Morgan fingerprint density at radius 1 is 1.00 bits per heavy atom. The maximum atomic E-state index is 10.3. The van der Waals surface area contributed by atoms with Crippen molar-refractivity contribution in [2.75, 3.05) is 0 Å². The number of aromatic hydroxyl groups is 1. The summed E-state index contributed by atoms with van der Waals surface area (Å²) >= 11 is 0. The van der Waals surface area contributed by atoms with Crippen LogP contribution in [0.1, 0.15) is 43.7 Å². The zero-order chi connectivity index (χ0) is 16.2. The number of aryl methyl sites for hydroxylation is 1. The van der Waals surface area contributed by atoms with Gasteiger partial charge in [-0.05, 0) is 67.3 Å². The third-order valence-electron chi connectivity index (χ3n) is 4.85. The summed E-state index contributed by atoms with van der Waals surface area (Å²) in [6, 6.07) is 14.7. The number of nitrogens with zero attached hydrogens (tertiary/aromatic N) is 1. The minimum Gasteiger partial charge on any atom is -0.507 e. The summed E-state index contributed by atoms with van der Waals surface area (Å²) in [4.78, 5) is 4.74. The summed E-state index contributed by atoms with van der Waals surface area (Å²) in [6.45, 7) is 4.26. The van der Waals surface area contributed by atoms with Crippen LogP contribution in [0.25, 0.3) is 11.1 Å². The van der Waals surface area contributed by atoms with Crippen molar-refractivity contribution in [3.05, 3.63) is 53.6 Å². The Morgan fingerprint density at radius 2 is 1.70 bits per heavy atom. The highest BCUT2D eigenvalue weighted by Crippen LogP contribution is 2.30. The molecule has 0 aliphatic heterocycles. The van der Waals surface area contributed by atoms with E-state index < -0.39 is 0 Å². The van der Waals surface area contributed by atoms with Crippen molar-refractivity contribution in [1.82, 2.24) is 0 Å². The first-order valence-corrected chi connectivity index (χ1v) is 8.55. The van der Waals surface area contributed by atoms with Crippen molar-refractivity contribution in [2.24, 2.45) is 10.9 Å². The third kappa shape index (κ3) is 3.82. The molecule has 1 saturated carbocycles. The molecule has 0 radical (unpaired) electrons. The van der Waals surface area contributed by atoms with Crippen LogP contribution in [0.2, 0.25) is 0 Å². The number of aliphatic imine (C=N–C) groups is 1. The van der Waals surface area contributed by atoms with Crippen LogP contribution in [-0.2, 0) is 0 Å². The molecule has 0 saturated heterocycles. The molecule has 2 aromatic rings. The molecule has 0 unspecified atom stereocenters. The fourth-order valence-corrected chi connectivity index (χ4v) is 3.28. The van der Waals surface area contributed by atoms with Gasteiger partial charge in [0.2, 0.25) is 0 Å². The summed E-state index contributed by atoms with van der Waals surface area (Å²) in [5, 5.41) is 10.3. The van der Waals surface area contributed by atoms with Crippen LogP contribution in [0.15, 0.2) is 47.5 Å². The topological polar surface area (TPSA) is 32.6 Å². The lowest BCUT2D eigenvalue weighted by atomic mass is 9.88. The molecule has 2 nitrogen and oxygen atoms in total. The summed E-state index contributed by atoms with van der Waals surface area (Å²) in [6.07, 6.45) is 6.72. The van der Waals surface area contributed by atoms with Gasteiger partial charge in [0, 0.05) is 17.8 Å². The summed E-state index contributed by atoms with van der Waals surface area (Å²) in [5.74, 6) is 1.18. The molecule has 23 heavy (non-hydrogen) atoms. The Hall–Kier alpha value is -2.09. The third-order valence-corrected chi connectivity index (χ3v) is 4.85. The highest BCUT2D eigenvalue weighted by molar-refractivity contribution is 5.87. The highest BCUT2D eigenvalue weighted by atomic mass is 16.3. The van der Waals surface area contributed by atoms with Gasteiger partial charge in [-0.15, -0.1) is 0 Å². The van der Waals surface area contributed by atoms with Crippen molar-refractivity contribution in [3.8, 4) is 16.9 Å². The van der Waals surface area contributed by atoms with Gasteiger partial charge in [0.25, 0.3) is 0 Å². The SMILES string of the molecule is Cc1cc(-c2ccccc2)cc(C=NC2CCC(C)CC2)c1O. The summed E-state index contributed by atoms with van der Waals surface area (Å²) < 4.78 is 0. The van der Waals surface area contributed by atoms with E-state index >= 15 is 0 Å². The van der Waals surface area contributed by atoms with Gasteiger partial charge in [0.15, 0.2) is 0 Å². The number of benzene rings is 2. The molecular formula is C21H25NO. The predicted molar refractivity (Wildman–Crippen MR) is 97.3 cm³/mol. The van der Waals surface area contributed by atoms with Crippen LogP contribution in [0, 0.1) is 12.8 Å². The van der Waals surface area contributed by atoms with Gasteiger partial charge < -0.3 is 5.11 Å². The van der Waals surface area contributed by atoms with Gasteiger partial charge in [-0.25, -0.2) is 0 Å². The molecule has 2 heteroatoms. The standard InChI is InChI=1S/C21H25NO/c1-15-8-10-20(11-9-15)22-14-19-13-18(12-16(2)21(19)23)17-6-4-3-5-7-17/h3-7,12-15,20,23H,8-11H2,1-2H3. The summed E-state index contributed by atoms with van der Waals surface area (Å²) in [5.41, 5.74) is 4.00. The molecule has 1 N–H and O–H groups in total. The molecule has 0 bridgehead atoms. The van der Waals surface area contributed by atoms with Crippen LogP contribution in [0.5, 0.6) is 5.75 Å².